The molecule has 1 aliphatic heterocycles. The lowest BCUT2D eigenvalue weighted by atomic mass is 10.1. The van der Waals surface area contributed by atoms with E-state index in [0.29, 0.717) is 11.7 Å². The first-order valence-corrected chi connectivity index (χ1v) is 8.58. The minimum absolute atomic E-state index is 0.0640. The average molecular weight is 307 g/mol. The number of hydrogen-bond donors (Lipinski definition) is 0. The molecule has 1 aliphatic rings. The van der Waals surface area contributed by atoms with E-state index >= 15 is 0 Å². The van der Waals surface area contributed by atoms with Gasteiger partial charge in [0, 0.05) is 37.6 Å². The number of piperazine rings is 1. The SMILES string of the molecule is C[C@@H](c1ccsc1)N1CCN(C(=O)c2cscn2)CC1. The summed E-state index contributed by atoms with van der Waals surface area (Å²) in [5.41, 5.74) is 3.66. The van der Waals surface area contributed by atoms with Crippen LogP contribution in [0.1, 0.15) is 29.0 Å². The van der Waals surface area contributed by atoms with Gasteiger partial charge in [-0.15, -0.1) is 11.3 Å². The zero-order chi connectivity index (χ0) is 13.9. The minimum atomic E-state index is 0.0640. The van der Waals surface area contributed by atoms with Crippen LogP contribution in [0.25, 0.3) is 0 Å². The average Bonchev–Trinajstić information content (AvgIpc) is 3.18. The predicted molar refractivity (Wildman–Crippen MR) is 82.3 cm³/mol. The monoisotopic (exact) mass is 307 g/mol. The maximum Gasteiger partial charge on any atom is 0.273 e. The van der Waals surface area contributed by atoms with Crippen molar-refractivity contribution in [2.24, 2.45) is 0 Å². The highest BCUT2D eigenvalue weighted by Crippen LogP contribution is 2.23. The van der Waals surface area contributed by atoms with Crippen molar-refractivity contribution in [1.29, 1.82) is 0 Å². The Morgan fingerprint density at radius 3 is 2.65 bits per heavy atom. The number of thiophene rings is 1. The second-order valence-corrected chi connectivity index (χ2v) is 6.43. The standard InChI is InChI=1S/C14H17N3OS2/c1-11(12-2-7-19-8-12)16-3-5-17(6-4-16)14(18)13-9-20-10-15-13/h2,7-11H,3-6H2,1H3/t11-/m0/s1. The molecule has 1 amide bonds. The first-order valence-electron chi connectivity index (χ1n) is 6.69. The third-order valence-corrected chi connectivity index (χ3v) is 5.11. The topological polar surface area (TPSA) is 36.4 Å². The molecule has 20 heavy (non-hydrogen) atoms. The third kappa shape index (κ3) is 2.77. The summed E-state index contributed by atoms with van der Waals surface area (Å²) in [6.07, 6.45) is 0. The van der Waals surface area contributed by atoms with Crippen LogP contribution in [0.2, 0.25) is 0 Å². The number of carbonyl (C=O) groups excluding carboxylic acids is 1. The Hall–Kier alpha value is -1.24. The van der Waals surface area contributed by atoms with Crippen LogP contribution in [0.5, 0.6) is 0 Å². The van der Waals surface area contributed by atoms with Crippen molar-refractivity contribution in [1.82, 2.24) is 14.8 Å². The number of thiazole rings is 1. The van der Waals surface area contributed by atoms with Gasteiger partial charge in [0.25, 0.3) is 5.91 Å². The van der Waals surface area contributed by atoms with Gasteiger partial charge >= 0.3 is 0 Å². The lowest BCUT2D eigenvalue weighted by molar-refractivity contribution is 0.0578. The molecule has 0 N–H and O–H groups in total. The first kappa shape index (κ1) is 13.7. The maximum absolute atomic E-state index is 12.2. The van der Waals surface area contributed by atoms with Gasteiger partial charge in [-0.1, -0.05) is 0 Å². The lowest BCUT2D eigenvalue weighted by Crippen LogP contribution is -2.49. The van der Waals surface area contributed by atoms with Gasteiger partial charge in [-0.2, -0.15) is 11.3 Å². The van der Waals surface area contributed by atoms with E-state index in [2.05, 4.69) is 33.6 Å². The summed E-state index contributed by atoms with van der Waals surface area (Å²) >= 11 is 3.21. The van der Waals surface area contributed by atoms with Gasteiger partial charge in [-0.25, -0.2) is 4.98 Å². The molecule has 1 atom stereocenters. The van der Waals surface area contributed by atoms with Crippen LogP contribution in [-0.4, -0.2) is 46.9 Å². The van der Waals surface area contributed by atoms with Crippen molar-refractivity contribution in [2.75, 3.05) is 26.2 Å². The van der Waals surface area contributed by atoms with Gasteiger partial charge in [0.1, 0.15) is 5.69 Å². The smallest absolute Gasteiger partial charge is 0.273 e. The molecule has 3 heterocycles. The zero-order valence-electron chi connectivity index (χ0n) is 11.4. The van der Waals surface area contributed by atoms with E-state index in [1.807, 2.05) is 10.3 Å². The van der Waals surface area contributed by atoms with Crippen molar-refractivity contribution in [3.05, 3.63) is 39.0 Å². The summed E-state index contributed by atoms with van der Waals surface area (Å²) in [7, 11) is 0. The highest BCUT2D eigenvalue weighted by atomic mass is 32.1. The number of amides is 1. The van der Waals surface area contributed by atoms with Crippen molar-refractivity contribution < 1.29 is 4.79 Å². The lowest BCUT2D eigenvalue weighted by Gasteiger charge is -2.37. The van der Waals surface area contributed by atoms with Crippen molar-refractivity contribution in [3.63, 3.8) is 0 Å². The summed E-state index contributed by atoms with van der Waals surface area (Å²) in [6, 6.07) is 2.61. The van der Waals surface area contributed by atoms with E-state index in [4.69, 9.17) is 0 Å². The molecule has 0 bridgehead atoms. The Kier molecular flexibility index (Phi) is 4.14. The molecule has 106 valence electrons. The first-order chi connectivity index (χ1) is 9.75. The second-order valence-electron chi connectivity index (χ2n) is 4.93. The second kappa shape index (κ2) is 6.03. The summed E-state index contributed by atoms with van der Waals surface area (Å²) < 4.78 is 0. The van der Waals surface area contributed by atoms with Crippen LogP contribution >= 0.6 is 22.7 Å². The fourth-order valence-corrected chi connectivity index (χ4v) is 3.79. The van der Waals surface area contributed by atoms with E-state index in [9.17, 15) is 4.79 Å². The molecule has 6 heteroatoms. The summed E-state index contributed by atoms with van der Waals surface area (Å²) in [5.74, 6) is 0.0640. The number of hydrogen-bond acceptors (Lipinski definition) is 5. The molecule has 0 saturated carbocycles. The molecule has 2 aromatic rings. The van der Waals surface area contributed by atoms with Crippen molar-refractivity contribution >= 4 is 28.6 Å². The number of rotatable bonds is 3. The molecule has 0 aliphatic carbocycles. The van der Waals surface area contributed by atoms with Crippen LogP contribution in [0.4, 0.5) is 0 Å². The molecule has 0 radical (unpaired) electrons. The highest BCUT2D eigenvalue weighted by Gasteiger charge is 2.26. The van der Waals surface area contributed by atoms with Crippen molar-refractivity contribution in [3.8, 4) is 0 Å². The Morgan fingerprint density at radius 1 is 1.25 bits per heavy atom. The van der Waals surface area contributed by atoms with E-state index < -0.39 is 0 Å². The number of aromatic nitrogens is 1. The van der Waals surface area contributed by atoms with Crippen LogP contribution in [0.3, 0.4) is 0 Å². The van der Waals surface area contributed by atoms with E-state index in [1.165, 1.54) is 16.9 Å². The molecule has 0 unspecified atom stereocenters. The third-order valence-electron chi connectivity index (χ3n) is 3.83. The van der Waals surface area contributed by atoms with Crippen LogP contribution < -0.4 is 0 Å². The van der Waals surface area contributed by atoms with Crippen LogP contribution in [0, 0.1) is 0 Å². The highest BCUT2D eigenvalue weighted by molar-refractivity contribution is 7.08. The Morgan fingerprint density at radius 2 is 2.05 bits per heavy atom. The van der Waals surface area contributed by atoms with E-state index in [0.717, 1.165) is 26.2 Å². The quantitative estimate of drug-likeness (QED) is 0.875. The Balaban J connectivity index is 1.58. The molecule has 4 nitrogen and oxygen atoms in total. The van der Waals surface area contributed by atoms with Gasteiger partial charge in [0.15, 0.2) is 0 Å². The van der Waals surface area contributed by atoms with E-state index in [-0.39, 0.29) is 5.91 Å². The minimum Gasteiger partial charge on any atom is -0.335 e. The number of nitrogens with zero attached hydrogens (tertiary/aromatic N) is 3. The van der Waals surface area contributed by atoms with Gasteiger partial charge in [0.2, 0.25) is 0 Å². The van der Waals surface area contributed by atoms with E-state index in [1.54, 1.807) is 16.8 Å². The summed E-state index contributed by atoms with van der Waals surface area (Å²) in [5, 5.41) is 6.15. The molecule has 0 aromatic carbocycles. The van der Waals surface area contributed by atoms with Crippen molar-refractivity contribution in [2.45, 2.75) is 13.0 Å². The molecule has 0 spiro atoms. The molecule has 1 saturated heterocycles. The van der Waals surface area contributed by atoms with Gasteiger partial charge in [-0.3, -0.25) is 9.69 Å². The van der Waals surface area contributed by atoms with Gasteiger partial charge in [-0.05, 0) is 29.3 Å². The fraction of sp³-hybridized carbons (Fsp3) is 0.429. The van der Waals surface area contributed by atoms with Crippen LogP contribution in [0.15, 0.2) is 27.7 Å². The zero-order valence-corrected chi connectivity index (χ0v) is 13.0. The molecular weight excluding hydrogens is 290 g/mol. The molecular formula is C14H17N3OS2. The summed E-state index contributed by atoms with van der Waals surface area (Å²) in [6.45, 7) is 5.65. The number of carbonyl (C=O) groups is 1. The van der Waals surface area contributed by atoms with Gasteiger partial charge < -0.3 is 4.90 Å². The molecule has 1 fully saturated rings. The maximum atomic E-state index is 12.2. The molecule has 2 aromatic heterocycles. The predicted octanol–water partition coefficient (Wildman–Crippen LogP) is 2.72. The normalized spacial score (nSPS) is 18.1. The summed E-state index contributed by atoms with van der Waals surface area (Å²) in [4.78, 5) is 20.7. The van der Waals surface area contributed by atoms with Gasteiger partial charge in [0.05, 0.1) is 5.51 Å². The Bertz CT molecular complexity index is 545. The van der Waals surface area contributed by atoms with Crippen LogP contribution in [-0.2, 0) is 0 Å². The largest absolute Gasteiger partial charge is 0.335 e. The molecule has 3 rings (SSSR count). The Labute approximate surface area is 126 Å². The fourth-order valence-electron chi connectivity index (χ4n) is 2.52.